The Bertz CT molecular complexity index is 695. The molecule has 1 aromatic heterocycles. The number of nitrogens with zero attached hydrogens (tertiary/aromatic N) is 3. The number of anilines is 3. The van der Waals surface area contributed by atoms with Gasteiger partial charge in [0.05, 0.1) is 29.6 Å². The second-order valence-corrected chi connectivity index (χ2v) is 5.34. The van der Waals surface area contributed by atoms with Gasteiger partial charge in [-0.2, -0.15) is 10.1 Å². The number of hydrogen-bond acceptors (Lipinski definition) is 7. The maximum absolute atomic E-state index is 11.6. The summed E-state index contributed by atoms with van der Waals surface area (Å²) >= 11 is 6.13. The van der Waals surface area contributed by atoms with Crippen LogP contribution in [-0.2, 0) is 4.74 Å². The molecule has 0 saturated heterocycles. The zero-order valence-electron chi connectivity index (χ0n) is 13.1. The molecular weight excluding hydrogens is 318 g/mol. The first kappa shape index (κ1) is 17.0. The Kier molecular flexibility index (Phi) is 5.70. The van der Waals surface area contributed by atoms with Gasteiger partial charge < -0.3 is 15.4 Å². The Labute approximate surface area is 139 Å². The first-order valence-corrected chi connectivity index (χ1v) is 7.52. The second kappa shape index (κ2) is 7.73. The van der Waals surface area contributed by atoms with Crippen LogP contribution in [0, 0.1) is 0 Å². The van der Waals surface area contributed by atoms with E-state index in [1.807, 2.05) is 6.92 Å². The number of rotatable bonds is 6. The first-order valence-electron chi connectivity index (χ1n) is 7.14. The topological polar surface area (TPSA) is 89.0 Å². The molecule has 0 aliphatic carbocycles. The Morgan fingerprint density at radius 1 is 1.43 bits per heavy atom. The minimum atomic E-state index is -0.448. The highest BCUT2D eigenvalue weighted by molar-refractivity contribution is 6.33. The van der Waals surface area contributed by atoms with Gasteiger partial charge in [0.2, 0.25) is 5.95 Å². The number of halogens is 1. The Morgan fingerprint density at radius 2 is 2.22 bits per heavy atom. The molecule has 0 aliphatic heterocycles. The van der Waals surface area contributed by atoms with Gasteiger partial charge in [-0.25, -0.2) is 4.79 Å². The van der Waals surface area contributed by atoms with E-state index < -0.39 is 5.97 Å². The quantitative estimate of drug-likeness (QED) is 0.783. The largest absolute Gasteiger partial charge is 0.465 e. The number of carbonyl (C=O) groups excluding carboxylic acids is 1. The van der Waals surface area contributed by atoms with E-state index in [1.54, 1.807) is 24.4 Å². The molecular formula is C15H18ClN5O2. The van der Waals surface area contributed by atoms with Crippen molar-refractivity contribution in [3.63, 3.8) is 0 Å². The van der Waals surface area contributed by atoms with Crippen molar-refractivity contribution in [2.45, 2.75) is 26.3 Å². The van der Waals surface area contributed by atoms with Crippen molar-refractivity contribution in [2.75, 3.05) is 17.7 Å². The number of ether oxygens (including phenoxy) is 1. The number of aromatic nitrogens is 3. The maximum atomic E-state index is 11.6. The van der Waals surface area contributed by atoms with E-state index >= 15 is 0 Å². The van der Waals surface area contributed by atoms with Crippen molar-refractivity contribution < 1.29 is 9.53 Å². The molecule has 0 spiro atoms. The highest BCUT2D eigenvalue weighted by Crippen LogP contribution is 2.25. The third-order valence-corrected chi connectivity index (χ3v) is 3.53. The molecule has 122 valence electrons. The lowest BCUT2D eigenvalue weighted by molar-refractivity contribution is 0.0601. The summed E-state index contributed by atoms with van der Waals surface area (Å²) in [4.78, 5) is 15.9. The van der Waals surface area contributed by atoms with Crippen LogP contribution in [0.15, 0.2) is 24.4 Å². The standard InChI is InChI=1S/C15H18ClN5O2/c1-4-9(2)18-13-8-17-21-15(20-13)19-12-7-10(14(22)23-3)5-6-11(12)16/h5-9H,4H2,1-3H3,(H2,18,19,20,21). The molecule has 0 aliphatic rings. The Balaban J connectivity index is 2.21. The fraction of sp³-hybridized carbons (Fsp3) is 0.333. The summed E-state index contributed by atoms with van der Waals surface area (Å²) in [6.07, 6.45) is 2.50. The predicted molar refractivity (Wildman–Crippen MR) is 89.3 cm³/mol. The summed E-state index contributed by atoms with van der Waals surface area (Å²) in [5.41, 5.74) is 0.873. The normalized spacial score (nSPS) is 11.7. The van der Waals surface area contributed by atoms with E-state index in [0.29, 0.717) is 22.1 Å². The van der Waals surface area contributed by atoms with E-state index in [0.717, 1.165) is 6.42 Å². The summed E-state index contributed by atoms with van der Waals surface area (Å²) in [6.45, 7) is 4.12. The molecule has 1 aromatic carbocycles. The first-order chi connectivity index (χ1) is 11.0. The SMILES string of the molecule is CCC(C)Nc1cnnc(Nc2cc(C(=O)OC)ccc2Cl)n1. The van der Waals surface area contributed by atoms with Gasteiger partial charge in [-0.15, -0.1) is 5.10 Å². The van der Waals surface area contributed by atoms with Crippen molar-refractivity contribution in [3.05, 3.63) is 35.0 Å². The van der Waals surface area contributed by atoms with E-state index in [4.69, 9.17) is 16.3 Å². The van der Waals surface area contributed by atoms with Crippen LogP contribution < -0.4 is 10.6 Å². The monoisotopic (exact) mass is 335 g/mol. The highest BCUT2D eigenvalue weighted by atomic mass is 35.5. The average molecular weight is 336 g/mol. The number of nitrogens with one attached hydrogen (secondary N) is 2. The van der Waals surface area contributed by atoms with Crippen LogP contribution in [0.4, 0.5) is 17.5 Å². The number of esters is 1. The Morgan fingerprint density at radius 3 is 2.91 bits per heavy atom. The summed E-state index contributed by atoms with van der Waals surface area (Å²) < 4.78 is 4.69. The van der Waals surface area contributed by atoms with Crippen molar-refractivity contribution in [3.8, 4) is 0 Å². The Hall–Kier alpha value is -2.41. The molecule has 1 unspecified atom stereocenters. The van der Waals surface area contributed by atoms with Crippen molar-refractivity contribution in [2.24, 2.45) is 0 Å². The fourth-order valence-electron chi connectivity index (χ4n) is 1.77. The molecule has 7 nitrogen and oxygen atoms in total. The summed E-state index contributed by atoms with van der Waals surface area (Å²) in [5, 5.41) is 14.4. The minimum absolute atomic E-state index is 0.269. The van der Waals surface area contributed by atoms with E-state index in [1.165, 1.54) is 7.11 Å². The summed E-state index contributed by atoms with van der Waals surface area (Å²) in [6, 6.07) is 5.03. The molecule has 0 amide bonds. The van der Waals surface area contributed by atoms with Crippen LogP contribution in [0.2, 0.25) is 5.02 Å². The lowest BCUT2D eigenvalue weighted by Gasteiger charge is -2.13. The molecule has 2 N–H and O–H groups in total. The lowest BCUT2D eigenvalue weighted by Crippen LogP contribution is -2.15. The minimum Gasteiger partial charge on any atom is -0.465 e. The van der Waals surface area contributed by atoms with E-state index in [9.17, 15) is 4.79 Å². The zero-order chi connectivity index (χ0) is 16.8. The van der Waals surface area contributed by atoms with Gasteiger partial charge in [-0.05, 0) is 31.5 Å². The molecule has 1 atom stereocenters. The van der Waals surface area contributed by atoms with Crippen LogP contribution >= 0.6 is 11.6 Å². The number of carbonyl (C=O) groups is 1. The molecule has 1 heterocycles. The predicted octanol–water partition coefficient (Wildman–Crippen LogP) is 3.27. The van der Waals surface area contributed by atoms with Gasteiger partial charge in [-0.3, -0.25) is 0 Å². The van der Waals surface area contributed by atoms with Crippen LogP contribution in [-0.4, -0.2) is 34.3 Å². The van der Waals surface area contributed by atoms with Gasteiger partial charge in [0.25, 0.3) is 0 Å². The average Bonchev–Trinajstić information content (AvgIpc) is 2.56. The van der Waals surface area contributed by atoms with E-state index in [-0.39, 0.29) is 12.0 Å². The third-order valence-electron chi connectivity index (χ3n) is 3.20. The highest BCUT2D eigenvalue weighted by Gasteiger charge is 2.11. The van der Waals surface area contributed by atoms with Gasteiger partial charge in [-0.1, -0.05) is 18.5 Å². The number of methoxy groups -OCH3 is 1. The van der Waals surface area contributed by atoms with Crippen molar-refractivity contribution >= 4 is 35.0 Å². The fourth-order valence-corrected chi connectivity index (χ4v) is 1.93. The number of hydrogen-bond donors (Lipinski definition) is 2. The van der Waals surface area contributed by atoms with Gasteiger partial charge in [0, 0.05) is 6.04 Å². The van der Waals surface area contributed by atoms with Crippen LogP contribution in [0.1, 0.15) is 30.6 Å². The lowest BCUT2D eigenvalue weighted by atomic mass is 10.2. The molecule has 8 heteroatoms. The van der Waals surface area contributed by atoms with Gasteiger partial charge >= 0.3 is 5.97 Å². The van der Waals surface area contributed by atoms with Gasteiger partial charge in [0.15, 0.2) is 5.82 Å². The molecule has 2 rings (SSSR count). The van der Waals surface area contributed by atoms with Crippen molar-refractivity contribution in [1.82, 2.24) is 15.2 Å². The second-order valence-electron chi connectivity index (χ2n) is 4.93. The summed E-state index contributed by atoms with van der Waals surface area (Å²) in [7, 11) is 1.32. The molecule has 0 radical (unpaired) electrons. The molecule has 23 heavy (non-hydrogen) atoms. The van der Waals surface area contributed by atoms with Crippen LogP contribution in [0.25, 0.3) is 0 Å². The molecule has 0 bridgehead atoms. The zero-order valence-corrected chi connectivity index (χ0v) is 13.9. The molecule has 0 fully saturated rings. The molecule has 2 aromatic rings. The van der Waals surface area contributed by atoms with Crippen molar-refractivity contribution in [1.29, 1.82) is 0 Å². The van der Waals surface area contributed by atoms with Crippen LogP contribution in [0.3, 0.4) is 0 Å². The summed E-state index contributed by atoms with van der Waals surface area (Å²) in [5.74, 6) is 0.440. The maximum Gasteiger partial charge on any atom is 0.337 e. The molecule has 0 saturated carbocycles. The smallest absolute Gasteiger partial charge is 0.337 e. The van der Waals surface area contributed by atoms with E-state index in [2.05, 4.69) is 32.7 Å². The third kappa shape index (κ3) is 4.53. The van der Waals surface area contributed by atoms with Gasteiger partial charge in [0.1, 0.15) is 0 Å². The van der Waals surface area contributed by atoms with Crippen LogP contribution in [0.5, 0.6) is 0 Å². The number of benzene rings is 1.